The van der Waals surface area contributed by atoms with Crippen molar-refractivity contribution in [2.75, 3.05) is 36.0 Å². The van der Waals surface area contributed by atoms with Crippen molar-refractivity contribution in [1.29, 1.82) is 5.26 Å². The van der Waals surface area contributed by atoms with E-state index in [9.17, 15) is 4.79 Å². The Morgan fingerprint density at radius 3 is 2.43 bits per heavy atom. The van der Waals surface area contributed by atoms with Crippen molar-refractivity contribution in [2.24, 2.45) is 0 Å². The minimum atomic E-state index is 0.0719. The van der Waals surface area contributed by atoms with Crippen molar-refractivity contribution in [2.45, 2.75) is 31.7 Å². The normalized spacial score (nSPS) is 17.4. The lowest BCUT2D eigenvalue weighted by atomic mass is 10.1. The van der Waals surface area contributed by atoms with E-state index in [1.165, 1.54) is 19.0 Å². The summed E-state index contributed by atoms with van der Waals surface area (Å²) in [5.41, 5.74) is 2.24. The maximum absolute atomic E-state index is 12.9. The van der Waals surface area contributed by atoms with Crippen molar-refractivity contribution < 1.29 is 0 Å². The smallest absolute Gasteiger partial charge is 0.261 e. The summed E-state index contributed by atoms with van der Waals surface area (Å²) in [5, 5.41) is 9.56. The van der Waals surface area contributed by atoms with Gasteiger partial charge < -0.3 is 9.80 Å². The van der Waals surface area contributed by atoms with Crippen LogP contribution in [-0.2, 0) is 0 Å². The van der Waals surface area contributed by atoms with Gasteiger partial charge in [-0.2, -0.15) is 5.26 Å². The van der Waals surface area contributed by atoms with E-state index in [1.807, 2.05) is 28.8 Å². The highest BCUT2D eigenvalue weighted by Gasteiger charge is 2.21. The standard InChI is InChI=1S/C22H23N7O/c23-12-16-13-25-21(14-24-16)28-9-7-27(8-10-28)18-5-6-19-20(11-18)26-15-29(22(19)30)17-3-1-2-4-17/h5-6,11,13-15,17H,1-4,7-10H2. The van der Waals surface area contributed by atoms with E-state index in [1.54, 1.807) is 12.5 Å². The molecule has 1 aromatic carbocycles. The molecular weight excluding hydrogens is 378 g/mol. The minimum absolute atomic E-state index is 0.0719. The lowest BCUT2D eigenvalue weighted by Crippen LogP contribution is -2.46. The Balaban J connectivity index is 1.32. The molecule has 30 heavy (non-hydrogen) atoms. The third kappa shape index (κ3) is 3.36. The molecule has 1 saturated heterocycles. The number of benzene rings is 1. The van der Waals surface area contributed by atoms with Gasteiger partial charge in [-0.25, -0.2) is 15.0 Å². The predicted molar refractivity (Wildman–Crippen MR) is 115 cm³/mol. The van der Waals surface area contributed by atoms with Crippen LogP contribution in [0, 0.1) is 11.3 Å². The number of piperazine rings is 1. The van der Waals surface area contributed by atoms with Gasteiger partial charge in [-0.3, -0.25) is 9.36 Å². The molecule has 152 valence electrons. The molecular formula is C22H23N7O. The Hall–Kier alpha value is -3.47. The molecule has 0 unspecified atom stereocenters. The van der Waals surface area contributed by atoms with E-state index in [2.05, 4.69) is 24.8 Å². The van der Waals surface area contributed by atoms with E-state index in [0.29, 0.717) is 17.1 Å². The zero-order valence-electron chi connectivity index (χ0n) is 16.7. The van der Waals surface area contributed by atoms with Crippen LogP contribution in [0.25, 0.3) is 10.9 Å². The molecule has 8 heteroatoms. The van der Waals surface area contributed by atoms with Crippen molar-refractivity contribution in [1.82, 2.24) is 19.5 Å². The largest absolute Gasteiger partial charge is 0.368 e. The summed E-state index contributed by atoms with van der Waals surface area (Å²) in [7, 11) is 0. The summed E-state index contributed by atoms with van der Waals surface area (Å²) in [5.74, 6) is 0.793. The molecule has 2 aliphatic rings. The molecule has 1 aliphatic carbocycles. The SMILES string of the molecule is N#Cc1cnc(N2CCN(c3ccc4c(=O)n(C5CCCC5)cnc4c3)CC2)cn1. The molecule has 8 nitrogen and oxygen atoms in total. The quantitative estimate of drug-likeness (QED) is 0.666. The first kappa shape index (κ1) is 18.6. The number of rotatable bonds is 3. The highest BCUT2D eigenvalue weighted by atomic mass is 16.1. The van der Waals surface area contributed by atoms with Gasteiger partial charge >= 0.3 is 0 Å². The van der Waals surface area contributed by atoms with Gasteiger partial charge in [0.05, 0.1) is 29.6 Å². The van der Waals surface area contributed by atoms with Crippen LogP contribution >= 0.6 is 0 Å². The average molecular weight is 401 g/mol. The molecule has 0 N–H and O–H groups in total. The Bertz CT molecular complexity index is 1150. The van der Waals surface area contributed by atoms with Gasteiger partial charge in [0.15, 0.2) is 5.69 Å². The molecule has 0 bridgehead atoms. The average Bonchev–Trinajstić information content (AvgIpc) is 3.34. The second-order valence-corrected chi connectivity index (χ2v) is 7.94. The summed E-state index contributed by atoms with van der Waals surface area (Å²) < 4.78 is 1.83. The van der Waals surface area contributed by atoms with Crippen LogP contribution in [0.5, 0.6) is 0 Å². The highest BCUT2D eigenvalue weighted by molar-refractivity contribution is 5.81. The van der Waals surface area contributed by atoms with Crippen LogP contribution < -0.4 is 15.4 Å². The molecule has 2 fully saturated rings. The topological polar surface area (TPSA) is 90.9 Å². The molecule has 1 saturated carbocycles. The first-order valence-electron chi connectivity index (χ1n) is 10.5. The lowest BCUT2D eigenvalue weighted by Gasteiger charge is -2.36. The first-order chi connectivity index (χ1) is 14.7. The highest BCUT2D eigenvalue weighted by Crippen LogP contribution is 2.29. The molecule has 0 atom stereocenters. The number of nitrogens with zero attached hydrogens (tertiary/aromatic N) is 7. The van der Waals surface area contributed by atoms with Crippen molar-refractivity contribution >= 4 is 22.4 Å². The molecule has 0 radical (unpaired) electrons. The maximum Gasteiger partial charge on any atom is 0.261 e. The fraction of sp³-hybridized carbons (Fsp3) is 0.409. The second kappa shape index (κ2) is 7.75. The van der Waals surface area contributed by atoms with Crippen molar-refractivity contribution in [3.8, 4) is 6.07 Å². The van der Waals surface area contributed by atoms with Crippen molar-refractivity contribution in [3.63, 3.8) is 0 Å². The van der Waals surface area contributed by atoms with Gasteiger partial charge in [-0.15, -0.1) is 0 Å². The third-order valence-electron chi connectivity index (χ3n) is 6.21. The van der Waals surface area contributed by atoms with E-state index in [4.69, 9.17) is 5.26 Å². The lowest BCUT2D eigenvalue weighted by molar-refractivity contribution is 0.499. The number of fused-ring (bicyclic) bond motifs is 1. The monoisotopic (exact) mass is 401 g/mol. The Kier molecular flexibility index (Phi) is 4.79. The molecule has 3 aromatic rings. The third-order valence-corrected chi connectivity index (χ3v) is 6.21. The van der Waals surface area contributed by atoms with Gasteiger partial charge in [0.25, 0.3) is 5.56 Å². The van der Waals surface area contributed by atoms with E-state index in [-0.39, 0.29) is 5.56 Å². The molecule has 5 rings (SSSR count). The maximum atomic E-state index is 12.9. The van der Waals surface area contributed by atoms with Gasteiger partial charge in [0.2, 0.25) is 0 Å². The van der Waals surface area contributed by atoms with Gasteiger partial charge in [0.1, 0.15) is 11.9 Å². The second-order valence-electron chi connectivity index (χ2n) is 7.94. The van der Waals surface area contributed by atoms with Gasteiger partial charge in [0, 0.05) is 37.9 Å². The number of aromatic nitrogens is 4. The predicted octanol–water partition coefficient (Wildman–Crippen LogP) is 2.50. The number of anilines is 2. The zero-order chi connectivity index (χ0) is 20.5. The summed E-state index contributed by atoms with van der Waals surface area (Å²) in [4.78, 5) is 30.4. The summed E-state index contributed by atoms with van der Waals surface area (Å²) in [6, 6.07) is 8.26. The van der Waals surface area contributed by atoms with E-state index >= 15 is 0 Å². The summed E-state index contributed by atoms with van der Waals surface area (Å²) in [6.45, 7) is 3.31. The molecule has 1 aliphatic heterocycles. The molecule has 3 heterocycles. The van der Waals surface area contributed by atoms with Crippen LogP contribution in [0.15, 0.2) is 41.7 Å². The Morgan fingerprint density at radius 1 is 0.967 bits per heavy atom. The number of hydrogen-bond acceptors (Lipinski definition) is 7. The summed E-state index contributed by atoms with van der Waals surface area (Å²) in [6.07, 6.45) is 9.41. The summed E-state index contributed by atoms with van der Waals surface area (Å²) >= 11 is 0. The fourth-order valence-electron chi connectivity index (χ4n) is 4.50. The van der Waals surface area contributed by atoms with E-state index < -0.39 is 0 Å². The Morgan fingerprint density at radius 2 is 1.73 bits per heavy atom. The van der Waals surface area contributed by atoms with Crippen molar-refractivity contribution in [3.05, 3.63) is 53.0 Å². The van der Waals surface area contributed by atoms with E-state index in [0.717, 1.165) is 56.0 Å². The molecule has 0 amide bonds. The molecule has 2 aromatic heterocycles. The van der Waals surface area contributed by atoms with Crippen LogP contribution in [-0.4, -0.2) is 45.7 Å². The molecule has 0 spiro atoms. The number of nitriles is 1. The van der Waals surface area contributed by atoms with Crippen LogP contribution in [0.3, 0.4) is 0 Å². The van der Waals surface area contributed by atoms with Gasteiger partial charge in [-0.05, 0) is 31.0 Å². The first-order valence-corrected chi connectivity index (χ1v) is 10.5. The number of hydrogen-bond donors (Lipinski definition) is 0. The zero-order valence-corrected chi connectivity index (χ0v) is 16.7. The van der Waals surface area contributed by atoms with Crippen LogP contribution in [0.1, 0.15) is 37.4 Å². The van der Waals surface area contributed by atoms with Gasteiger partial charge in [-0.1, -0.05) is 12.8 Å². The van der Waals surface area contributed by atoms with Crippen LogP contribution in [0.4, 0.5) is 11.5 Å². The fourth-order valence-corrected chi connectivity index (χ4v) is 4.50. The Labute approximate surface area is 174 Å². The minimum Gasteiger partial charge on any atom is -0.368 e. The van der Waals surface area contributed by atoms with Crippen LogP contribution in [0.2, 0.25) is 0 Å².